The van der Waals surface area contributed by atoms with Crippen molar-refractivity contribution in [3.8, 4) is 6.07 Å². The molecule has 2 aliphatic heterocycles. The number of halogens is 1. The number of benzene rings is 1. The quantitative estimate of drug-likeness (QED) is 0.779. The molecule has 2 N–H and O–H groups in total. The number of hydrazine groups is 1. The van der Waals surface area contributed by atoms with Gasteiger partial charge in [0.1, 0.15) is 5.82 Å². The van der Waals surface area contributed by atoms with Gasteiger partial charge in [-0.2, -0.15) is 5.26 Å². The van der Waals surface area contributed by atoms with Gasteiger partial charge < -0.3 is 10.5 Å². The lowest BCUT2D eigenvalue weighted by Gasteiger charge is -2.45. The summed E-state index contributed by atoms with van der Waals surface area (Å²) in [6.45, 7) is 2.59. The molecule has 0 spiro atoms. The smallest absolute Gasteiger partial charge is 0.161 e. The number of allylic oxidation sites excluding steroid dienone is 3. The highest BCUT2D eigenvalue weighted by atomic mass is 79.9. The molecule has 3 aliphatic rings. The Morgan fingerprint density at radius 3 is 2.74 bits per heavy atom. The molecule has 1 atom stereocenters. The molecule has 7 heteroatoms. The van der Waals surface area contributed by atoms with Crippen LogP contribution in [-0.4, -0.2) is 42.1 Å². The number of rotatable bonds is 2. The summed E-state index contributed by atoms with van der Waals surface area (Å²) in [5, 5.41) is 14.0. The van der Waals surface area contributed by atoms with Crippen LogP contribution in [-0.2, 0) is 9.53 Å². The molecule has 0 saturated carbocycles. The first kappa shape index (κ1) is 18.2. The van der Waals surface area contributed by atoms with Crippen molar-refractivity contribution in [3.05, 3.63) is 57.0 Å². The van der Waals surface area contributed by atoms with Crippen molar-refractivity contribution < 1.29 is 9.53 Å². The molecule has 1 saturated heterocycles. The zero-order chi connectivity index (χ0) is 19.0. The van der Waals surface area contributed by atoms with Crippen LogP contribution in [0.2, 0.25) is 0 Å². The molecular weight excluding hydrogens is 408 g/mol. The van der Waals surface area contributed by atoms with Gasteiger partial charge in [-0.3, -0.25) is 9.80 Å². The van der Waals surface area contributed by atoms with E-state index in [0.717, 1.165) is 34.1 Å². The molecule has 4 rings (SSSR count). The van der Waals surface area contributed by atoms with Gasteiger partial charge in [-0.05, 0) is 30.5 Å². The first-order chi connectivity index (χ1) is 13.1. The van der Waals surface area contributed by atoms with Crippen LogP contribution in [0.3, 0.4) is 0 Å². The van der Waals surface area contributed by atoms with Crippen LogP contribution < -0.4 is 5.73 Å². The standard InChI is InChI=1S/C20H21BrN4O2/c21-14-4-1-3-13(11-14)18-15(12-22)20(23)25(24-7-9-27-10-8-24)16-5-2-6-17(26)19(16)18/h1,3-4,11,18H,2,5-10,23H2/t18-/m1/s1. The average molecular weight is 429 g/mol. The summed E-state index contributed by atoms with van der Waals surface area (Å²) in [5.74, 6) is 0.130. The number of morpholine rings is 1. The Hall–Kier alpha value is -2.14. The predicted octanol–water partition coefficient (Wildman–Crippen LogP) is 2.80. The molecule has 2 heterocycles. The maximum absolute atomic E-state index is 13.0. The van der Waals surface area contributed by atoms with Gasteiger partial charge in [-0.1, -0.05) is 28.1 Å². The fourth-order valence-corrected chi connectivity index (χ4v) is 4.58. The van der Waals surface area contributed by atoms with Crippen molar-refractivity contribution in [2.24, 2.45) is 5.73 Å². The van der Waals surface area contributed by atoms with Crippen molar-refractivity contribution in [2.75, 3.05) is 26.3 Å². The number of nitrogens with zero attached hydrogens (tertiary/aromatic N) is 3. The van der Waals surface area contributed by atoms with Crippen molar-refractivity contribution in [3.63, 3.8) is 0 Å². The third-order valence-corrected chi connectivity index (χ3v) is 5.83. The molecule has 27 heavy (non-hydrogen) atoms. The molecule has 0 amide bonds. The van der Waals surface area contributed by atoms with E-state index in [1.165, 1.54) is 0 Å². The van der Waals surface area contributed by atoms with E-state index >= 15 is 0 Å². The molecule has 0 aromatic heterocycles. The zero-order valence-corrected chi connectivity index (χ0v) is 16.5. The number of carbonyl (C=O) groups is 1. The largest absolute Gasteiger partial charge is 0.383 e. The fourth-order valence-electron chi connectivity index (χ4n) is 4.16. The van der Waals surface area contributed by atoms with E-state index in [2.05, 4.69) is 27.0 Å². The van der Waals surface area contributed by atoms with E-state index in [4.69, 9.17) is 10.5 Å². The number of nitrogens with two attached hydrogens (primary N) is 1. The number of Topliss-reactive ketones (excluding diaryl/α,β-unsaturated/α-hetero) is 1. The third kappa shape index (κ3) is 3.18. The van der Waals surface area contributed by atoms with Crippen LogP contribution in [0.15, 0.2) is 51.4 Å². The first-order valence-electron chi connectivity index (χ1n) is 9.16. The number of hydrogen-bond donors (Lipinski definition) is 1. The maximum Gasteiger partial charge on any atom is 0.161 e. The maximum atomic E-state index is 13.0. The monoisotopic (exact) mass is 428 g/mol. The summed E-state index contributed by atoms with van der Waals surface area (Å²) < 4.78 is 6.38. The Balaban J connectivity index is 1.89. The fraction of sp³-hybridized carbons (Fsp3) is 0.400. The van der Waals surface area contributed by atoms with Crippen LogP contribution in [0.1, 0.15) is 30.7 Å². The second kappa shape index (κ2) is 7.47. The van der Waals surface area contributed by atoms with E-state index in [9.17, 15) is 10.1 Å². The summed E-state index contributed by atoms with van der Waals surface area (Å²) in [5.41, 5.74) is 9.53. The van der Waals surface area contributed by atoms with Gasteiger partial charge in [0.2, 0.25) is 0 Å². The van der Waals surface area contributed by atoms with Gasteiger partial charge >= 0.3 is 0 Å². The first-order valence-corrected chi connectivity index (χ1v) is 9.95. The highest BCUT2D eigenvalue weighted by Gasteiger charge is 2.41. The van der Waals surface area contributed by atoms with Gasteiger partial charge in [-0.25, -0.2) is 5.01 Å². The van der Waals surface area contributed by atoms with E-state index in [1.54, 1.807) is 0 Å². The minimum absolute atomic E-state index is 0.111. The summed E-state index contributed by atoms with van der Waals surface area (Å²) in [7, 11) is 0. The molecule has 1 aromatic rings. The molecule has 0 unspecified atom stereocenters. The number of carbonyl (C=O) groups excluding carboxylic acids is 1. The van der Waals surface area contributed by atoms with Gasteiger partial charge in [0.25, 0.3) is 0 Å². The predicted molar refractivity (Wildman–Crippen MR) is 104 cm³/mol. The Labute approximate surface area is 167 Å². The second-order valence-corrected chi connectivity index (χ2v) is 7.83. The van der Waals surface area contributed by atoms with Crippen molar-refractivity contribution in [1.29, 1.82) is 5.26 Å². The lowest BCUT2D eigenvalue weighted by Crippen LogP contribution is -2.52. The SMILES string of the molecule is N#CC1=C(N)N(N2CCOCC2)C2=C(C(=O)CCC2)[C@@H]1c1cccc(Br)c1. The molecule has 1 fully saturated rings. The zero-order valence-electron chi connectivity index (χ0n) is 14.9. The molecule has 1 aromatic carbocycles. The Kier molecular flexibility index (Phi) is 5.04. The van der Waals surface area contributed by atoms with Crippen LogP contribution in [0.25, 0.3) is 0 Å². The molecule has 140 valence electrons. The summed E-state index contributed by atoms with van der Waals surface area (Å²) in [4.78, 5) is 13.0. The third-order valence-electron chi connectivity index (χ3n) is 5.34. The van der Waals surface area contributed by atoms with Crippen LogP contribution in [0.5, 0.6) is 0 Å². The molecule has 0 radical (unpaired) electrons. The van der Waals surface area contributed by atoms with Crippen molar-refractivity contribution in [1.82, 2.24) is 10.0 Å². The second-order valence-electron chi connectivity index (χ2n) is 6.91. The highest BCUT2D eigenvalue weighted by Crippen LogP contribution is 2.45. The number of nitriles is 1. The molecule has 0 bridgehead atoms. The van der Waals surface area contributed by atoms with E-state index < -0.39 is 5.92 Å². The minimum Gasteiger partial charge on any atom is -0.383 e. The lowest BCUT2D eigenvalue weighted by molar-refractivity contribution is -0.117. The van der Waals surface area contributed by atoms with Gasteiger partial charge in [0.15, 0.2) is 5.78 Å². The average Bonchev–Trinajstić information content (AvgIpc) is 2.68. The van der Waals surface area contributed by atoms with E-state index in [0.29, 0.717) is 44.1 Å². The minimum atomic E-state index is -0.410. The highest BCUT2D eigenvalue weighted by molar-refractivity contribution is 9.10. The number of ether oxygens (including phenoxy) is 1. The van der Waals surface area contributed by atoms with E-state index in [-0.39, 0.29) is 5.78 Å². The number of ketones is 1. The lowest BCUT2D eigenvalue weighted by atomic mass is 9.76. The van der Waals surface area contributed by atoms with Crippen LogP contribution in [0, 0.1) is 11.3 Å². The van der Waals surface area contributed by atoms with Gasteiger partial charge in [0, 0.05) is 35.3 Å². The molecule has 6 nitrogen and oxygen atoms in total. The summed E-state index contributed by atoms with van der Waals surface area (Å²) in [6.07, 6.45) is 2.10. The topological polar surface area (TPSA) is 82.6 Å². The molecular formula is C20H21BrN4O2. The Bertz CT molecular complexity index is 880. The number of hydrogen-bond acceptors (Lipinski definition) is 6. The van der Waals surface area contributed by atoms with E-state index in [1.807, 2.05) is 29.3 Å². The normalized spacial score (nSPS) is 24.1. The summed E-state index contributed by atoms with van der Waals surface area (Å²) >= 11 is 3.50. The Morgan fingerprint density at radius 2 is 2.04 bits per heavy atom. The van der Waals surface area contributed by atoms with Gasteiger partial charge in [-0.15, -0.1) is 0 Å². The van der Waals surface area contributed by atoms with Crippen LogP contribution >= 0.6 is 15.9 Å². The summed E-state index contributed by atoms with van der Waals surface area (Å²) in [6, 6.07) is 10.1. The molecule has 1 aliphatic carbocycles. The van der Waals surface area contributed by atoms with Crippen molar-refractivity contribution in [2.45, 2.75) is 25.2 Å². The van der Waals surface area contributed by atoms with Crippen molar-refractivity contribution >= 4 is 21.7 Å². The van der Waals surface area contributed by atoms with Gasteiger partial charge in [0.05, 0.1) is 30.8 Å². The van der Waals surface area contributed by atoms with Crippen LogP contribution in [0.4, 0.5) is 0 Å². The Morgan fingerprint density at radius 1 is 1.26 bits per heavy atom.